The number of piperidine rings is 1. The van der Waals surface area contributed by atoms with Crippen LogP contribution < -0.4 is 5.32 Å². The molecule has 3 aliphatic rings. The molecule has 1 N–H and O–H groups in total. The fourth-order valence-electron chi connectivity index (χ4n) is 3.96. The maximum Gasteiger partial charge on any atom is 0.317 e. The smallest absolute Gasteiger partial charge is 0.317 e. The molecule has 3 atom stereocenters. The van der Waals surface area contributed by atoms with E-state index >= 15 is 0 Å². The minimum Gasteiger partial charge on any atom is -0.381 e. The first-order valence-electron chi connectivity index (χ1n) is 9.11. The van der Waals surface area contributed by atoms with E-state index in [1.165, 1.54) is 6.42 Å². The Hall–Kier alpha value is -0.850. The predicted molar refractivity (Wildman–Crippen MR) is 88.5 cm³/mol. The lowest BCUT2D eigenvalue weighted by molar-refractivity contribution is -0.0549. The van der Waals surface area contributed by atoms with E-state index in [4.69, 9.17) is 9.47 Å². The number of hydrogen-bond donors (Lipinski definition) is 1. The van der Waals surface area contributed by atoms with Gasteiger partial charge >= 0.3 is 6.03 Å². The third-order valence-corrected chi connectivity index (χ3v) is 5.16. The number of rotatable bonds is 3. The van der Waals surface area contributed by atoms with Crippen molar-refractivity contribution in [1.29, 1.82) is 0 Å². The molecule has 3 heterocycles. The van der Waals surface area contributed by atoms with Crippen LogP contribution in [0.1, 0.15) is 33.1 Å². The second-order valence-electron chi connectivity index (χ2n) is 7.42. The first-order valence-corrected chi connectivity index (χ1v) is 9.11. The predicted octanol–water partition coefficient (Wildman–Crippen LogP) is 1.31. The molecule has 3 aliphatic heterocycles. The van der Waals surface area contributed by atoms with Gasteiger partial charge in [-0.2, -0.15) is 0 Å². The summed E-state index contributed by atoms with van der Waals surface area (Å²) in [4.78, 5) is 16.9. The first kappa shape index (κ1) is 17.0. The molecular formula is C17H31N3O3. The Morgan fingerprint density at radius 3 is 2.43 bits per heavy atom. The van der Waals surface area contributed by atoms with Crippen molar-refractivity contribution in [1.82, 2.24) is 15.1 Å². The Labute approximate surface area is 139 Å². The molecule has 0 radical (unpaired) electrons. The quantitative estimate of drug-likeness (QED) is 0.850. The second kappa shape index (κ2) is 7.81. The van der Waals surface area contributed by atoms with Crippen molar-refractivity contribution in [3.05, 3.63) is 0 Å². The molecule has 23 heavy (non-hydrogen) atoms. The lowest BCUT2D eigenvalue weighted by Crippen LogP contribution is -2.55. The van der Waals surface area contributed by atoms with E-state index in [1.54, 1.807) is 0 Å². The zero-order valence-corrected chi connectivity index (χ0v) is 14.5. The van der Waals surface area contributed by atoms with Crippen LogP contribution in [0.15, 0.2) is 0 Å². The maximum absolute atomic E-state index is 12.4. The summed E-state index contributed by atoms with van der Waals surface area (Å²) in [6.07, 6.45) is 3.55. The fraction of sp³-hybridized carbons (Fsp3) is 0.941. The Morgan fingerprint density at radius 1 is 1.13 bits per heavy atom. The molecule has 2 amide bonds. The molecule has 3 fully saturated rings. The van der Waals surface area contributed by atoms with Crippen molar-refractivity contribution < 1.29 is 14.3 Å². The van der Waals surface area contributed by atoms with Crippen LogP contribution in [0.4, 0.5) is 4.79 Å². The Bertz CT molecular complexity index is 383. The van der Waals surface area contributed by atoms with Crippen molar-refractivity contribution in [2.45, 2.75) is 51.4 Å². The van der Waals surface area contributed by atoms with E-state index in [9.17, 15) is 4.79 Å². The summed E-state index contributed by atoms with van der Waals surface area (Å²) >= 11 is 0. The van der Waals surface area contributed by atoms with Crippen molar-refractivity contribution in [3.63, 3.8) is 0 Å². The second-order valence-corrected chi connectivity index (χ2v) is 7.42. The van der Waals surface area contributed by atoms with Gasteiger partial charge in [-0.1, -0.05) is 0 Å². The van der Waals surface area contributed by atoms with Gasteiger partial charge in [0.15, 0.2) is 0 Å². The zero-order valence-electron chi connectivity index (χ0n) is 14.5. The van der Waals surface area contributed by atoms with Gasteiger partial charge in [0.05, 0.1) is 18.8 Å². The summed E-state index contributed by atoms with van der Waals surface area (Å²) in [6, 6.07) is 0.390. The van der Waals surface area contributed by atoms with Crippen LogP contribution in [0.5, 0.6) is 0 Å². The normalized spacial score (nSPS) is 33.8. The van der Waals surface area contributed by atoms with Gasteiger partial charge in [-0.25, -0.2) is 4.79 Å². The van der Waals surface area contributed by atoms with Crippen molar-refractivity contribution >= 4 is 6.03 Å². The minimum atomic E-state index is 0.0784. The summed E-state index contributed by atoms with van der Waals surface area (Å²) in [5, 5.41) is 3.22. The van der Waals surface area contributed by atoms with Gasteiger partial charge in [-0.05, 0) is 39.0 Å². The average Bonchev–Trinajstić information content (AvgIpc) is 3.01. The molecule has 6 nitrogen and oxygen atoms in total. The van der Waals surface area contributed by atoms with Crippen LogP contribution in [0.25, 0.3) is 0 Å². The molecule has 0 aliphatic carbocycles. The molecule has 0 unspecified atom stereocenters. The number of nitrogens with one attached hydrogen (secondary N) is 1. The van der Waals surface area contributed by atoms with Crippen LogP contribution in [-0.2, 0) is 9.47 Å². The van der Waals surface area contributed by atoms with E-state index in [0.717, 1.165) is 45.7 Å². The van der Waals surface area contributed by atoms with Crippen LogP contribution >= 0.6 is 0 Å². The number of amides is 2. The summed E-state index contributed by atoms with van der Waals surface area (Å²) in [5.74, 6) is 0.706. The van der Waals surface area contributed by atoms with E-state index in [1.807, 2.05) is 18.7 Å². The first-order chi connectivity index (χ1) is 11.1. The van der Waals surface area contributed by atoms with Gasteiger partial charge in [0.25, 0.3) is 0 Å². The Morgan fingerprint density at radius 2 is 1.83 bits per heavy atom. The number of urea groups is 1. The summed E-state index contributed by atoms with van der Waals surface area (Å²) < 4.78 is 11.2. The number of carbonyl (C=O) groups is 1. The molecule has 6 heteroatoms. The average molecular weight is 325 g/mol. The summed E-state index contributed by atoms with van der Waals surface area (Å²) in [7, 11) is 0. The highest BCUT2D eigenvalue weighted by atomic mass is 16.5. The third kappa shape index (κ3) is 4.81. The number of hydrogen-bond acceptors (Lipinski definition) is 4. The maximum atomic E-state index is 12.4. The SMILES string of the molecule is C[C@@H]1CN(C(=O)NC2CCN(C[C@H]3CCOC3)CC2)C[C@H](C)O1. The number of nitrogens with zero attached hydrogens (tertiary/aromatic N) is 2. The van der Waals surface area contributed by atoms with Crippen LogP contribution in [0.3, 0.4) is 0 Å². The highest BCUT2D eigenvalue weighted by Gasteiger charge is 2.29. The van der Waals surface area contributed by atoms with Gasteiger partial charge < -0.3 is 24.6 Å². The number of ether oxygens (including phenoxy) is 2. The molecule has 3 rings (SSSR count). The van der Waals surface area contributed by atoms with Crippen molar-refractivity contribution in [2.75, 3.05) is 45.9 Å². The van der Waals surface area contributed by atoms with Crippen molar-refractivity contribution in [3.8, 4) is 0 Å². The molecule has 0 saturated carbocycles. The molecule has 0 bridgehead atoms. The van der Waals surface area contributed by atoms with Gasteiger partial charge in [0.2, 0.25) is 0 Å². The van der Waals surface area contributed by atoms with Gasteiger partial charge in [0.1, 0.15) is 0 Å². The summed E-state index contributed by atoms with van der Waals surface area (Å²) in [5.41, 5.74) is 0. The monoisotopic (exact) mass is 325 g/mol. The molecular weight excluding hydrogens is 294 g/mol. The number of carbonyl (C=O) groups excluding carboxylic acids is 1. The van der Waals surface area contributed by atoms with E-state index in [2.05, 4.69) is 10.2 Å². The number of likely N-dealkylation sites (tertiary alicyclic amines) is 1. The molecule has 0 aromatic heterocycles. The Balaban J connectivity index is 1.38. The molecule has 132 valence electrons. The molecule has 3 saturated heterocycles. The minimum absolute atomic E-state index is 0.0784. The van der Waals surface area contributed by atoms with Gasteiger partial charge in [-0.15, -0.1) is 0 Å². The van der Waals surface area contributed by atoms with E-state index < -0.39 is 0 Å². The third-order valence-electron chi connectivity index (χ3n) is 5.16. The number of morpholine rings is 1. The van der Waals surface area contributed by atoms with E-state index in [-0.39, 0.29) is 18.2 Å². The van der Waals surface area contributed by atoms with Gasteiger partial charge in [0, 0.05) is 45.4 Å². The van der Waals surface area contributed by atoms with Crippen LogP contribution in [-0.4, -0.2) is 80.0 Å². The molecule has 0 spiro atoms. The highest BCUT2D eigenvalue weighted by molar-refractivity contribution is 5.74. The topological polar surface area (TPSA) is 54.0 Å². The Kier molecular flexibility index (Phi) is 5.77. The lowest BCUT2D eigenvalue weighted by atomic mass is 10.0. The van der Waals surface area contributed by atoms with Crippen LogP contribution in [0.2, 0.25) is 0 Å². The summed E-state index contributed by atoms with van der Waals surface area (Å²) in [6.45, 7) is 10.6. The molecule has 0 aromatic rings. The van der Waals surface area contributed by atoms with Crippen molar-refractivity contribution in [2.24, 2.45) is 5.92 Å². The highest BCUT2D eigenvalue weighted by Crippen LogP contribution is 2.18. The van der Waals surface area contributed by atoms with Gasteiger partial charge in [-0.3, -0.25) is 0 Å². The standard InChI is InChI=1S/C17H31N3O3/c1-13-9-20(10-14(2)23-13)17(21)18-16-3-6-19(7-4-16)11-15-5-8-22-12-15/h13-16H,3-12H2,1-2H3,(H,18,21)/t13-,14+,15-/m1/s1. The molecule has 0 aromatic carbocycles. The van der Waals surface area contributed by atoms with E-state index in [0.29, 0.717) is 25.0 Å². The largest absolute Gasteiger partial charge is 0.381 e. The zero-order chi connectivity index (χ0) is 16.2. The lowest BCUT2D eigenvalue weighted by Gasteiger charge is -2.38. The van der Waals surface area contributed by atoms with Crippen LogP contribution in [0, 0.1) is 5.92 Å². The fourth-order valence-corrected chi connectivity index (χ4v) is 3.96.